The molecule has 0 spiro atoms. The van der Waals surface area contributed by atoms with E-state index in [1.165, 1.54) is 0 Å². The molecule has 3 aromatic rings. The van der Waals surface area contributed by atoms with Crippen LogP contribution < -0.4 is 10.6 Å². The van der Waals surface area contributed by atoms with Crippen LogP contribution in [0.2, 0.25) is 0 Å². The topological polar surface area (TPSA) is 51.4 Å². The van der Waals surface area contributed by atoms with Crippen molar-refractivity contribution in [2.45, 2.75) is 25.9 Å². The van der Waals surface area contributed by atoms with Crippen molar-refractivity contribution in [1.82, 2.24) is 9.55 Å². The number of benzene rings is 2. The molecule has 4 rings (SSSR count). The van der Waals surface area contributed by atoms with Crippen LogP contribution in [0.3, 0.4) is 0 Å². The summed E-state index contributed by atoms with van der Waals surface area (Å²) < 4.78 is 2.27. The number of nitrogens with two attached hydrogens (primary N) is 1. The van der Waals surface area contributed by atoms with E-state index >= 15 is 0 Å². The van der Waals surface area contributed by atoms with Gasteiger partial charge in [-0.25, -0.2) is 9.83 Å². The molecule has 0 bridgehead atoms. The summed E-state index contributed by atoms with van der Waals surface area (Å²) in [6, 6.07) is 16.2. The summed E-state index contributed by atoms with van der Waals surface area (Å²) in [6.45, 7) is 11.9. The van der Waals surface area contributed by atoms with E-state index in [9.17, 15) is 0 Å². The van der Waals surface area contributed by atoms with Gasteiger partial charge >= 0.3 is 0 Å². The first-order valence-corrected chi connectivity index (χ1v) is 9.08. The highest BCUT2D eigenvalue weighted by Gasteiger charge is 2.26. The number of fused-ring (bicyclic) bond motifs is 1. The van der Waals surface area contributed by atoms with E-state index in [0.29, 0.717) is 11.6 Å². The van der Waals surface area contributed by atoms with Crippen molar-refractivity contribution >= 4 is 22.7 Å². The van der Waals surface area contributed by atoms with Crippen molar-refractivity contribution in [3.8, 4) is 0 Å². The third kappa shape index (κ3) is 3.04. The zero-order valence-corrected chi connectivity index (χ0v) is 15.0. The van der Waals surface area contributed by atoms with E-state index in [1.54, 1.807) is 0 Å². The minimum Gasteiger partial charge on any atom is -0.341 e. The van der Waals surface area contributed by atoms with E-state index in [4.69, 9.17) is 17.3 Å². The van der Waals surface area contributed by atoms with Gasteiger partial charge in [-0.05, 0) is 30.0 Å². The Kier molecular flexibility index (Phi) is 4.36. The Morgan fingerprint density at radius 3 is 2.69 bits per heavy atom. The minimum absolute atomic E-state index is 0.176. The first kappa shape index (κ1) is 16.6. The molecule has 0 saturated carbocycles. The lowest BCUT2D eigenvalue weighted by atomic mass is 9.94. The summed E-state index contributed by atoms with van der Waals surface area (Å²) in [6.07, 6.45) is 1.09. The molecule has 5 nitrogen and oxygen atoms in total. The number of hydrogen-bond acceptors (Lipinski definition) is 3. The second kappa shape index (κ2) is 6.81. The quantitative estimate of drug-likeness (QED) is 0.735. The molecule has 2 atom stereocenters. The maximum Gasteiger partial charge on any atom is 0.206 e. The van der Waals surface area contributed by atoms with E-state index in [0.717, 1.165) is 48.6 Å². The monoisotopic (exact) mass is 345 g/mol. The van der Waals surface area contributed by atoms with Gasteiger partial charge in [-0.15, -0.1) is 0 Å². The summed E-state index contributed by atoms with van der Waals surface area (Å²) in [5, 5.41) is 0. The van der Waals surface area contributed by atoms with Crippen LogP contribution in [0.4, 0.5) is 11.6 Å². The predicted octanol–water partition coefficient (Wildman–Crippen LogP) is 3.81. The fraction of sp³-hybridized carbons (Fsp3) is 0.333. The first-order valence-electron chi connectivity index (χ1n) is 9.08. The molecule has 0 radical (unpaired) electrons. The number of aromatic nitrogens is 2. The summed E-state index contributed by atoms with van der Waals surface area (Å²) >= 11 is 0. The molecular weight excluding hydrogens is 322 g/mol. The molecule has 1 fully saturated rings. The van der Waals surface area contributed by atoms with E-state index in [1.807, 2.05) is 30.3 Å². The molecule has 132 valence electrons. The summed E-state index contributed by atoms with van der Waals surface area (Å²) in [5.41, 5.74) is 10.3. The van der Waals surface area contributed by atoms with E-state index in [2.05, 4.69) is 39.4 Å². The number of para-hydroxylation sites is 2. The van der Waals surface area contributed by atoms with Gasteiger partial charge in [0.05, 0.1) is 24.2 Å². The zero-order chi connectivity index (χ0) is 18.1. The summed E-state index contributed by atoms with van der Waals surface area (Å²) in [5.74, 6) is 1.54. The normalized spacial score (nSPS) is 20.3. The van der Waals surface area contributed by atoms with E-state index < -0.39 is 0 Å². The number of nitrogens with zero attached hydrogens (tertiary/aromatic N) is 4. The van der Waals surface area contributed by atoms with Crippen molar-refractivity contribution in [1.29, 1.82) is 0 Å². The van der Waals surface area contributed by atoms with Crippen LogP contribution in [0.25, 0.3) is 15.9 Å². The summed E-state index contributed by atoms with van der Waals surface area (Å²) in [7, 11) is 0. The fourth-order valence-corrected chi connectivity index (χ4v) is 3.60. The molecule has 2 heterocycles. The average Bonchev–Trinajstić information content (AvgIpc) is 3.03. The maximum atomic E-state index is 7.11. The number of rotatable bonds is 3. The van der Waals surface area contributed by atoms with Gasteiger partial charge in [0.15, 0.2) is 5.69 Å². The fourth-order valence-electron chi connectivity index (χ4n) is 3.60. The molecule has 1 aromatic heterocycles. The zero-order valence-electron chi connectivity index (χ0n) is 15.0. The second-order valence-electron chi connectivity index (χ2n) is 7.14. The van der Waals surface area contributed by atoms with Crippen molar-refractivity contribution in [2.75, 3.05) is 18.0 Å². The number of hydrogen-bond donors (Lipinski definition) is 1. The molecule has 1 aliphatic rings. The van der Waals surface area contributed by atoms with Gasteiger partial charge in [0.1, 0.15) is 0 Å². The number of anilines is 1. The lowest BCUT2D eigenvalue weighted by Crippen LogP contribution is -2.48. The second-order valence-corrected chi connectivity index (χ2v) is 7.14. The lowest BCUT2D eigenvalue weighted by molar-refractivity contribution is 0.375. The average molecular weight is 345 g/mol. The summed E-state index contributed by atoms with van der Waals surface area (Å²) in [4.78, 5) is 10.7. The van der Waals surface area contributed by atoms with Gasteiger partial charge in [-0.1, -0.05) is 43.3 Å². The highest BCUT2D eigenvalue weighted by Crippen LogP contribution is 2.27. The van der Waals surface area contributed by atoms with Crippen LogP contribution in [0.15, 0.2) is 48.5 Å². The van der Waals surface area contributed by atoms with Crippen LogP contribution >= 0.6 is 0 Å². The first-order chi connectivity index (χ1) is 12.7. The number of imidazole rings is 1. The van der Waals surface area contributed by atoms with Crippen LogP contribution in [-0.2, 0) is 6.54 Å². The van der Waals surface area contributed by atoms with Gasteiger partial charge in [0.2, 0.25) is 5.95 Å². The van der Waals surface area contributed by atoms with Crippen LogP contribution in [0.1, 0.15) is 18.9 Å². The van der Waals surface area contributed by atoms with Gasteiger partial charge < -0.3 is 15.2 Å². The number of piperidine rings is 1. The van der Waals surface area contributed by atoms with Crippen LogP contribution in [-0.4, -0.2) is 28.7 Å². The van der Waals surface area contributed by atoms with Crippen molar-refractivity contribution < 1.29 is 0 Å². The standard InChI is InChI=1S/C21H23N5/c1-15-11-12-25(14-18(15)22)21-24-19-5-3-4-6-20(19)26(21)13-16-7-9-17(23-2)10-8-16/h3-10,15,18H,11-14,22H2,1H3/t15-,18+/m1/s1. The van der Waals surface area contributed by atoms with Gasteiger partial charge in [-0.3, -0.25) is 0 Å². The molecule has 0 aliphatic carbocycles. The van der Waals surface area contributed by atoms with Crippen molar-refractivity contribution in [2.24, 2.45) is 11.7 Å². The molecule has 26 heavy (non-hydrogen) atoms. The minimum atomic E-state index is 0.176. The molecule has 2 N–H and O–H groups in total. The van der Waals surface area contributed by atoms with Crippen molar-refractivity contribution in [3.05, 3.63) is 65.5 Å². The Hall–Kier alpha value is -2.84. The highest BCUT2D eigenvalue weighted by atomic mass is 15.3. The Balaban J connectivity index is 1.73. The molecule has 0 amide bonds. The smallest absolute Gasteiger partial charge is 0.206 e. The van der Waals surface area contributed by atoms with Crippen LogP contribution in [0.5, 0.6) is 0 Å². The SMILES string of the molecule is [C-]#[N+]c1ccc(Cn2c(N3CC[C@@H](C)[C@@H](N)C3)nc3ccccc32)cc1. The molecule has 2 aromatic carbocycles. The van der Waals surface area contributed by atoms with Gasteiger partial charge in [0, 0.05) is 19.1 Å². The Morgan fingerprint density at radius 2 is 1.96 bits per heavy atom. The Bertz CT molecular complexity index is 951. The van der Waals surface area contributed by atoms with Crippen molar-refractivity contribution in [3.63, 3.8) is 0 Å². The lowest BCUT2D eigenvalue weighted by Gasteiger charge is -2.36. The molecule has 0 unspecified atom stereocenters. The Morgan fingerprint density at radius 1 is 1.19 bits per heavy atom. The van der Waals surface area contributed by atoms with Crippen LogP contribution in [0, 0.1) is 12.5 Å². The Labute approximate surface area is 153 Å². The molecule has 1 aliphatic heterocycles. The highest BCUT2D eigenvalue weighted by molar-refractivity contribution is 5.79. The van der Waals surface area contributed by atoms with E-state index in [-0.39, 0.29) is 6.04 Å². The van der Waals surface area contributed by atoms with Gasteiger partial charge in [0.25, 0.3) is 0 Å². The molecule has 5 heteroatoms. The predicted molar refractivity (Wildman–Crippen MR) is 106 cm³/mol. The third-order valence-corrected chi connectivity index (χ3v) is 5.34. The molecule has 1 saturated heterocycles. The molecular formula is C21H23N5. The maximum absolute atomic E-state index is 7.11. The van der Waals surface area contributed by atoms with Gasteiger partial charge in [-0.2, -0.15) is 0 Å². The largest absolute Gasteiger partial charge is 0.341 e. The third-order valence-electron chi connectivity index (χ3n) is 5.34.